The minimum atomic E-state index is -1.02. The summed E-state index contributed by atoms with van der Waals surface area (Å²) in [5.74, 6) is 0.0326. The highest BCUT2D eigenvalue weighted by atomic mass is 32.2. The molecule has 0 spiro atoms. The van der Waals surface area contributed by atoms with E-state index in [9.17, 15) is 15.0 Å². The van der Waals surface area contributed by atoms with Crippen LogP contribution in [0.15, 0.2) is 5.03 Å². The van der Waals surface area contributed by atoms with E-state index < -0.39 is 11.6 Å². The third kappa shape index (κ3) is 3.25. The number of carbonyl (C=O) groups is 1. The Hall–Kier alpha value is -1.14. The first-order valence-corrected chi connectivity index (χ1v) is 7.33. The quantitative estimate of drug-likeness (QED) is 0.650. The molecule has 0 bridgehead atoms. The topological polar surface area (TPSA) is 83.3 Å². The molecule has 0 atom stereocenters. The van der Waals surface area contributed by atoms with Crippen LogP contribution in [0.3, 0.4) is 0 Å². The minimum absolute atomic E-state index is 0.150. The lowest BCUT2D eigenvalue weighted by Crippen LogP contribution is -2.27. The summed E-state index contributed by atoms with van der Waals surface area (Å²) < 4.78 is 0. The molecule has 1 aliphatic carbocycles. The van der Waals surface area contributed by atoms with Gasteiger partial charge in [0.2, 0.25) is 0 Å². The molecule has 2 rings (SSSR count). The van der Waals surface area contributed by atoms with E-state index in [0.717, 1.165) is 25.7 Å². The predicted octanol–water partition coefficient (Wildman–Crippen LogP) is 2.19. The third-order valence-corrected chi connectivity index (χ3v) is 4.64. The highest BCUT2D eigenvalue weighted by Gasteiger charge is 2.32. The van der Waals surface area contributed by atoms with Crippen LogP contribution in [0.2, 0.25) is 0 Å². The fourth-order valence-corrected chi connectivity index (χ4v) is 3.68. The number of carboxylic acid groups (broad SMARTS) is 1. The largest absolute Gasteiger partial charge is 0.478 e. The van der Waals surface area contributed by atoms with Crippen LogP contribution in [0.1, 0.15) is 47.6 Å². The van der Waals surface area contributed by atoms with Gasteiger partial charge in [-0.25, -0.2) is 14.8 Å². The fraction of sp³-hybridized carbons (Fsp3) is 0.615. The smallest absolute Gasteiger partial charge is 0.340 e. The van der Waals surface area contributed by atoms with Gasteiger partial charge in [-0.2, -0.15) is 0 Å². The molecule has 0 amide bonds. The molecule has 1 aliphatic rings. The monoisotopic (exact) mass is 282 g/mol. The predicted molar refractivity (Wildman–Crippen MR) is 72.6 cm³/mol. The van der Waals surface area contributed by atoms with Crippen molar-refractivity contribution in [1.82, 2.24) is 9.97 Å². The number of carboxylic acids is 1. The number of thioether (sulfide) groups is 1. The maximum atomic E-state index is 11.3. The Balaban J connectivity index is 2.21. The second-order valence-corrected chi connectivity index (χ2v) is 6.03. The zero-order valence-corrected chi connectivity index (χ0v) is 12.0. The Bertz CT molecular complexity index is 499. The van der Waals surface area contributed by atoms with E-state index in [2.05, 4.69) is 9.97 Å². The van der Waals surface area contributed by atoms with E-state index in [1.165, 1.54) is 11.8 Å². The van der Waals surface area contributed by atoms with Gasteiger partial charge in [-0.05, 0) is 26.7 Å². The lowest BCUT2D eigenvalue weighted by atomic mass is 10.1. The lowest BCUT2D eigenvalue weighted by Gasteiger charge is -2.21. The molecular formula is C13H18N2O3S. The summed E-state index contributed by atoms with van der Waals surface area (Å²) in [5, 5.41) is 20.0. The van der Waals surface area contributed by atoms with E-state index in [4.69, 9.17) is 0 Å². The molecule has 6 heteroatoms. The van der Waals surface area contributed by atoms with Crippen molar-refractivity contribution in [2.24, 2.45) is 0 Å². The van der Waals surface area contributed by atoms with Gasteiger partial charge in [0, 0.05) is 5.75 Å². The first-order chi connectivity index (χ1) is 8.91. The number of aromatic carboxylic acids is 1. The molecular weight excluding hydrogens is 264 g/mol. The molecule has 0 aliphatic heterocycles. The number of rotatable bonds is 4. The zero-order valence-electron chi connectivity index (χ0n) is 11.1. The summed E-state index contributed by atoms with van der Waals surface area (Å²) in [7, 11) is 0. The fourth-order valence-electron chi connectivity index (χ4n) is 2.41. The SMILES string of the molecule is Cc1nc(C)c(C(=O)O)c(SCC2(O)CCCC2)n1. The summed E-state index contributed by atoms with van der Waals surface area (Å²) in [6, 6.07) is 0. The first-order valence-electron chi connectivity index (χ1n) is 6.35. The zero-order chi connectivity index (χ0) is 14.0. The maximum absolute atomic E-state index is 11.3. The number of aliphatic hydroxyl groups is 1. The molecule has 0 aromatic carbocycles. The van der Waals surface area contributed by atoms with Gasteiger partial charge in [-0.1, -0.05) is 12.8 Å². The number of hydrogen-bond acceptors (Lipinski definition) is 5. The van der Waals surface area contributed by atoms with E-state index in [-0.39, 0.29) is 5.56 Å². The van der Waals surface area contributed by atoms with Crippen molar-refractivity contribution < 1.29 is 15.0 Å². The highest BCUT2D eigenvalue weighted by Crippen LogP contribution is 2.35. The van der Waals surface area contributed by atoms with Crippen LogP contribution in [0.4, 0.5) is 0 Å². The van der Waals surface area contributed by atoms with Crippen molar-refractivity contribution in [2.45, 2.75) is 50.2 Å². The van der Waals surface area contributed by atoms with E-state index >= 15 is 0 Å². The summed E-state index contributed by atoms with van der Waals surface area (Å²) in [4.78, 5) is 19.6. The number of nitrogens with zero attached hydrogens (tertiary/aromatic N) is 2. The van der Waals surface area contributed by atoms with E-state index in [1.807, 2.05) is 0 Å². The molecule has 5 nitrogen and oxygen atoms in total. The van der Waals surface area contributed by atoms with Crippen LogP contribution < -0.4 is 0 Å². The first kappa shape index (κ1) is 14.3. The van der Waals surface area contributed by atoms with Crippen LogP contribution in [-0.2, 0) is 0 Å². The Kier molecular flexibility index (Phi) is 4.10. The summed E-state index contributed by atoms with van der Waals surface area (Å²) in [6.07, 6.45) is 3.63. The molecule has 19 heavy (non-hydrogen) atoms. The Morgan fingerprint density at radius 1 is 1.32 bits per heavy atom. The molecule has 104 valence electrons. The molecule has 1 saturated carbocycles. The molecule has 0 unspecified atom stereocenters. The van der Waals surface area contributed by atoms with Crippen molar-refractivity contribution in [3.63, 3.8) is 0 Å². The molecule has 1 fully saturated rings. The summed E-state index contributed by atoms with van der Waals surface area (Å²) >= 11 is 1.32. The molecule has 2 N–H and O–H groups in total. The average molecular weight is 282 g/mol. The molecule has 1 heterocycles. The van der Waals surface area contributed by atoms with Gasteiger partial charge in [0.15, 0.2) is 0 Å². The average Bonchev–Trinajstić information content (AvgIpc) is 2.72. The van der Waals surface area contributed by atoms with Gasteiger partial charge in [-0.3, -0.25) is 0 Å². The van der Waals surface area contributed by atoms with Gasteiger partial charge < -0.3 is 10.2 Å². The van der Waals surface area contributed by atoms with Crippen LogP contribution in [-0.4, -0.2) is 37.5 Å². The van der Waals surface area contributed by atoms with Crippen LogP contribution in [0.25, 0.3) is 0 Å². The Labute approximate surface area is 116 Å². The van der Waals surface area contributed by atoms with Crippen LogP contribution in [0.5, 0.6) is 0 Å². The second-order valence-electron chi connectivity index (χ2n) is 5.06. The van der Waals surface area contributed by atoms with Gasteiger partial charge >= 0.3 is 5.97 Å². The summed E-state index contributed by atoms with van der Waals surface area (Å²) in [5.41, 5.74) is -0.0502. The normalized spacial score (nSPS) is 17.6. The third-order valence-electron chi connectivity index (χ3n) is 3.39. The molecule has 0 radical (unpaired) electrons. The molecule has 1 aromatic heterocycles. The van der Waals surface area contributed by atoms with Gasteiger partial charge in [0.1, 0.15) is 16.4 Å². The summed E-state index contributed by atoms with van der Waals surface area (Å²) in [6.45, 7) is 3.42. The maximum Gasteiger partial charge on any atom is 0.340 e. The van der Waals surface area contributed by atoms with Crippen LogP contribution in [0, 0.1) is 13.8 Å². The van der Waals surface area contributed by atoms with Crippen molar-refractivity contribution in [3.05, 3.63) is 17.1 Å². The number of aromatic nitrogens is 2. The molecule has 0 saturated heterocycles. The van der Waals surface area contributed by atoms with E-state index in [1.54, 1.807) is 13.8 Å². The molecule has 1 aromatic rings. The number of aryl methyl sites for hydroxylation is 2. The van der Waals surface area contributed by atoms with Crippen molar-refractivity contribution in [1.29, 1.82) is 0 Å². The lowest BCUT2D eigenvalue weighted by molar-refractivity contribution is 0.0685. The second kappa shape index (κ2) is 5.46. The Morgan fingerprint density at radius 3 is 2.53 bits per heavy atom. The van der Waals surface area contributed by atoms with Gasteiger partial charge in [-0.15, -0.1) is 11.8 Å². The van der Waals surface area contributed by atoms with Gasteiger partial charge in [0.25, 0.3) is 0 Å². The van der Waals surface area contributed by atoms with Gasteiger partial charge in [0.05, 0.1) is 11.3 Å². The number of hydrogen-bond donors (Lipinski definition) is 2. The van der Waals surface area contributed by atoms with Crippen molar-refractivity contribution in [3.8, 4) is 0 Å². The van der Waals surface area contributed by atoms with E-state index in [0.29, 0.717) is 22.3 Å². The minimum Gasteiger partial charge on any atom is -0.478 e. The van der Waals surface area contributed by atoms with Crippen molar-refractivity contribution >= 4 is 17.7 Å². The van der Waals surface area contributed by atoms with Crippen molar-refractivity contribution in [2.75, 3.05) is 5.75 Å². The van der Waals surface area contributed by atoms with Crippen LogP contribution >= 0.6 is 11.8 Å². The standard InChI is InChI=1S/C13H18N2O3S/c1-8-10(12(16)17)11(15-9(2)14-8)19-7-13(18)5-3-4-6-13/h18H,3-7H2,1-2H3,(H,16,17). The highest BCUT2D eigenvalue weighted by molar-refractivity contribution is 7.99. The Morgan fingerprint density at radius 2 is 1.95 bits per heavy atom.